The van der Waals surface area contributed by atoms with Crippen molar-refractivity contribution in [1.29, 1.82) is 0 Å². The van der Waals surface area contributed by atoms with E-state index in [1.807, 2.05) is 17.9 Å². The van der Waals surface area contributed by atoms with Crippen LogP contribution in [0.2, 0.25) is 0 Å². The van der Waals surface area contributed by atoms with E-state index in [4.69, 9.17) is 4.74 Å². The van der Waals surface area contributed by atoms with Crippen LogP contribution >= 0.6 is 0 Å². The molecule has 0 aliphatic rings. The first-order chi connectivity index (χ1) is 7.61. The molecule has 4 heteroatoms. The van der Waals surface area contributed by atoms with Gasteiger partial charge in [0.25, 0.3) is 0 Å². The summed E-state index contributed by atoms with van der Waals surface area (Å²) in [5.74, 6) is 0. The molecule has 1 N–H and O–H groups in total. The number of aryl methyl sites for hydroxylation is 1. The molecule has 0 amide bonds. The van der Waals surface area contributed by atoms with Crippen molar-refractivity contribution in [2.24, 2.45) is 7.05 Å². The van der Waals surface area contributed by atoms with Crippen molar-refractivity contribution in [3.05, 3.63) is 18.0 Å². The summed E-state index contributed by atoms with van der Waals surface area (Å²) in [6, 6.07) is 2.40. The predicted octanol–water partition coefficient (Wildman–Crippen LogP) is 1.37. The van der Waals surface area contributed by atoms with Crippen LogP contribution in [0.15, 0.2) is 12.3 Å². The smallest absolute Gasteiger partial charge is 0.0640 e. The standard InChI is InChI=1S/C12H23N3O/c1-5-13-12(9-16-10(2)3)8-11-6-7-15(4)14-11/h6-7,10,12-13H,5,8-9H2,1-4H3. The van der Waals surface area contributed by atoms with Crippen LogP contribution in [0, 0.1) is 0 Å². The monoisotopic (exact) mass is 225 g/mol. The lowest BCUT2D eigenvalue weighted by atomic mass is 10.1. The molecular weight excluding hydrogens is 202 g/mol. The van der Waals surface area contributed by atoms with Gasteiger partial charge in [0.15, 0.2) is 0 Å². The normalized spacial score (nSPS) is 13.3. The van der Waals surface area contributed by atoms with E-state index in [1.165, 1.54) is 0 Å². The van der Waals surface area contributed by atoms with Crippen LogP contribution < -0.4 is 5.32 Å². The van der Waals surface area contributed by atoms with Gasteiger partial charge in [-0.2, -0.15) is 5.10 Å². The lowest BCUT2D eigenvalue weighted by molar-refractivity contribution is 0.0614. The van der Waals surface area contributed by atoms with E-state index in [9.17, 15) is 0 Å². The number of nitrogens with zero attached hydrogens (tertiary/aromatic N) is 2. The SMILES string of the molecule is CCNC(COC(C)C)Cc1ccn(C)n1. The molecule has 0 spiro atoms. The van der Waals surface area contributed by atoms with E-state index in [2.05, 4.69) is 37.3 Å². The molecule has 1 unspecified atom stereocenters. The van der Waals surface area contributed by atoms with Crippen LogP contribution in [0.1, 0.15) is 26.5 Å². The van der Waals surface area contributed by atoms with Crippen LogP contribution in [-0.2, 0) is 18.2 Å². The highest BCUT2D eigenvalue weighted by Crippen LogP contribution is 2.02. The first-order valence-electron chi connectivity index (χ1n) is 5.95. The third-order valence-electron chi connectivity index (χ3n) is 2.35. The van der Waals surface area contributed by atoms with Gasteiger partial charge in [-0.05, 0) is 26.5 Å². The molecule has 0 fully saturated rings. The number of hydrogen-bond acceptors (Lipinski definition) is 3. The van der Waals surface area contributed by atoms with Gasteiger partial charge in [0.2, 0.25) is 0 Å². The molecule has 0 aliphatic heterocycles. The van der Waals surface area contributed by atoms with Crippen LogP contribution in [0.4, 0.5) is 0 Å². The molecule has 92 valence electrons. The summed E-state index contributed by atoms with van der Waals surface area (Å²) in [4.78, 5) is 0. The summed E-state index contributed by atoms with van der Waals surface area (Å²) in [6.45, 7) is 7.93. The molecule has 16 heavy (non-hydrogen) atoms. The fourth-order valence-electron chi connectivity index (χ4n) is 1.61. The third-order valence-corrected chi connectivity index (χ3v) is 2.35. The second-order valence-electron chi connectivity index (χ2n) is 4.32. The fourth-order valence-corrected chi connectivity index (χ4v) is 1.61. The maximum absolute atomic E-state index is 5.64. The van der Waals surface area contributed by atoms with Gasteiger partial charge >= 0.3 is 0 Å². The molecule has 1 aromatic heterocycles. The fraction of sp³-hybridized carbons (Fsp3) is 0.750. The highest BCUT2D eigenvalue weighted by molar-refractivity contribution is 5.01. The third kappa shape index (κ3) is 4.77. The molecule has 4 nitrogen and oxygen atoms in total. The van der Waals surface area contributed by atoms with Gasteiger partial charge in [-0.25, -0.2) is 0 Å². The minimum Gasteiger partial charge on any atom is -0.377 e. The largest absolute Gasteiger partial charge is 0.377 e. The average molecular weight is 225 g/mol. The Morgan fingerprint density at radius 2 is 2.25 bits per heavy atom. The quantitative estimate of drug-likeness (QED) is 0.761. The van der Waals surface area contributed by atoms with Crippen molar-refractivity contribution in [2.75, 3.05) is 13.2 Å². The first-order valence-corrected chi connectivity index (χ1v) is 5.95. The Bertz CT molecular complexity index is 296. The van der Waals surface area contributed by atoms with Crippen molar-refractivity contribution in [3.8, 4) is 0 Å². The minimum atomic E-state index is 0.282. The van der Waals surface area contributed by atoms with Crippen molar-refractivity contribution in [2.45, 2.75) is 39.3 Å². The molecule has 0 saturated heterocycles. The number of hydrogen-bond donors (Lipinski definition) is 1. The Labute approximate surface area is 98.0 Å². The second-order valence-corrected chi connectivity index (χ2v) is 4.32. The average Bonchev–Trinajstić information content (AvgIpc) is 2.61. The van der Waals surface area contributed by atoms with Crippen molar-refractivity contribution in [3.63, 3.8) is 0 Å². The van der Waals surface area contributed by atoms with E-state index in [1.54, 1.807) is 0 Å². The topological polar surface area (TPSA) is 39.1 Å². The molecule has 1 aromatic rings. The number of rotatable bonds is 7. The lowest BCUT2D eigenvalue weighted by Crippen LogP contribution is -2.36. The summed E-state index contributed by atoms with van der Waals surface area (Å²) < 4.78 is 7.47. The zero-order chi connectivity index (χ0) is 12.0. The van der Waals surface area contributed by atoms with Crippen molar-refractivity contribution >= 4 is 0 Å². The number of aromatic nitrogens is 2. The summed E-state index contributed by atoms with van der Waals surface area (Å²) in [6.07, 6.45) is 3.17. The Balaban J connectivity index is 2.43. The van der Waals surface area contributed by atoms with E-state index in [-0.39, 0.29) is 6.10 Å². The molecule has 0 aromatic carbocycles. The Kier molecular flexibility index (Phi) is 5.49. The molecule has 0 bridgehead atoms. The Hall–Kier alpha value is -0.870. The van der Waals surface area contributed by atoms with Crippen LogP contribution in [0.3, 0.4) is 0 Å². The van der Waals surface area contributed by atoms with Gasteiger partial charge in [0.1, 0.15) is 0 Å². The van der Waals surface area contributed by atoms with Gasteiger partial charge in [-0.1, -0.05) is 6.92 Å². The lowest BCUT2D eigenvalue weighted by Gasteiger charge is -2.18. The number of nitrogens with one attached hydrogen (secondary N) is 1. The van der Waals surface area contributed by atoms with Crippen LogP contribution in [-0.4, -0.2) is 35.1 Å². The molecule has 0 aliphatic carbocycles. The van der Waals surface area contributed by atoms with Crippen LogP contribution in [0.25, 0.3) is 0 Å². The van der Waals surface area contributed by atoms with E-state index >= 15 is 0 Å². The predicted molar refractivity (Wildman–Crippen MR) is 65.5 cm³/mol. The molecule has 0 saturated carbocycles. The van der Waals surface area contributed by atoms with E-state index < -0.39 is 0 Å². The first kappa shape index (κ1) is 13.2. The highest BCUT2D eigenvalue weighted by Gasteiger charge is 2.11. The van der Waals surface area contributed by atoms with Gasteiger partial charge < -0.3 is 10.1 Å². The second kappa shape index (κ2) is 6.66. The number of ether oxygens (including phenoxy) is 1. The molecule has 1 rings (SSSR count). The summed E-state index contributed by atoms with van der Waals surface area (Å²) in [5, 5.41) is 7.80. The van der Waals surface area contributed by atoms with Gasteiger partial charge in [0.05, 0.1) is 18.4 Å². The molecular formula is C12H23N3O. The Morgan fingerprint density at radius 3 is 2.75 bits per heavy atom. The zero-order valence-corrected chi connectivity index (χ0v) is 10.7. The zero-order valence-electron chi connectivity index (χ0n) is 10.7. The summed E-state index contributed by atoms with van der Waals surface area (Å²) in [7, 11) is 1.94. The maximum atomic E-state index is 5.64. The van der Waals surface area contributed by atoms with Crippen molar-refractivity contribution < 1.29 is 4.74 Å². The number of likely N-dealkylation sites (N-methyl/N-ethyl adjacent to an activating group) is 1. The molecule has 0 radical (unpaired) electrons. The minimum absolute atomic E-state index is 0.282. The summed E-state index contributed by atoms with van der Waals surface area (Å²) in [5.41, 5.74) is 1.11. The molecule has 1 heterocycles. The van der Waals surface area contributed by atoms with E-state index in [0.29, 0.717) is 6.04 Å². The van der Waals surface area contributed by atoms with Gasteiger partial charge in [-0.3, -0.25) is 4.68 Å². The maximum Gasteiger partial charge on any atom is 0.0640 e. The Morgan fingerprint density at radius 1 is 1.50 bits per heavy atom. The van der Waals surface area contributed by atoms with Crippen molar-refractivity contribution in [1.82, 2.24) is 15.1 Å². The van der Waals surface area contributed by atoms with E-state index in [0.717, 1.165) is 25.3 Å². The summed E-state index contributed by atoms with van der Waals surface area (Å²) >= 11 is 0. The van der Waals surface area contributed by atoms with Gasteiger partial charge in [0, 0.05) is 25.7 Å². The van der Waals surface area contributed by atoms with Gasteiger partial charge in [-0.15, -0.1) is 0 Å². The van der Waals surface area contributed by atoms with Crippen LogP contribution in [0.5, 0.6) is 0 Å². The molecule has 1 atom stereocenters. The highest BCUT2D eigenvalue weighted by atomic mass is 16.5.